The number of carbonyl (C=O) groups excluding carboxylic acids is 1. The smallest absolute Gasteiger partial charge is 0.431 e. The van der Waals surface area contributed by atoms with Gasteiger partial charge in [-0.25, -0.2) is 9.48 Å². The summed E-state index contributed by atoms with van der Waals surface area (Å²) in [6, 6.07) is 8.42. The van der Waals surface area contributed by atoms with Crippen molar-refractivity contribution in [2.75, 3.05) is 19.8 Å². The van der Waals surface area contributed by atoms with Gasteiger partial charge < -0.3 is 14.2 Å². The molecule has 2 heterocycles. The van der Waals surface area contributed by atoms with Gasteiger partial charge in [-0.3, -0.25) is 9.48 Å². The fraction of sp³-hybridized carbons (Fsp3) is 0.400. The number of rotatable bonds is 6. The van der Waals surface area contributed by atoms with E-state index < -0.39 is 6.16 Å². The average molecular weight is 396 g/mol. The number of nitriles is 2. The molecule has 1 aliphatic heterocycles. The quantitative estimate of drug-likeness (QED) is 0.543. The van der Waals surface area contributed by atoms with Gasteiger partial charge in [0.2, 0.25) is 5.88 Å². The van der Waals surface area contributed by atoms with Crippen molar-refractivity contribution in [1.29, 1.82) is 10.5 Å². The Balaban J connectivity index is 2.03. The van der Waals surface area contributed by atoms with Crippen LogP contribution in [0.5, 0.6) is 5.88 Å². The molecule has 1 aliphatic rings. The summed E-state index contributed by atoms with van der Waals surface area (Å²) in [6.45, 7) is 3.56. The highest BCUT2D eigenvalue weighted by atomic mass is 16.7. The number of carbonyl (C=O) groups is 1. The molecule has 2 aromatic rings. The second-order valence-electron chi connectivity index (χ2n) is 6.32. The monoisotopic (exact) mass is 396 g/mol. The van der Waals surface area contributed by atoms with E-state index in [9.17, 15) is 14.9 Å². The van der Waals surface area contributed by atoms with Gasteiger partial charge >= 0.3 is 6.16 Å². The van der Waals surface area contributed by atoms with Crippen LogP contribution in [0.3, 0.4) is 0 Å². The van der Waals surface area contributed by atoms with Crippen LogP contribution in [0, 0.1) is 22.7 Å². The molecule has 0 saturated carbocycles. The Morgan fingerprint density at radius 3 is 2.59 bits per heavy atom. The molecule has 0 saturated heterocycles. The molecule has 29 heavy (non-hydrogen) atoms. The minimum atomic E-state index is -0.954. The lowest BCUT2D eigenvalue weighted by atomic mass is 10.0. The van der Waals surface area contributed by atoms with E-state index in [1.807, 2.05) is 19.1 Å². The molecule has 0 unspecified atom stereocenters. The van der Waals surface area contributed by atoms with E-state index in [2.05, 4.69) is 0 Å². The Morgan fingerprint density at radius 2 is 1.90 bits per heavy atom. The topological polar surface area (TPSA) is 119 Å². The normalized spacial score (nSPS) is 12.5. The first-order valence-corrected chi connectivity index (χ1v) is 9.31. The molecule has 3 rings (SSSR count). The Kier molecular flexibility index (Phi) is 6.32. The highest BCUT2D eigenvalue weighted by Crippen LogP contribution is 2.32. The third-order valence-corrected chi connectivity index (χ3v) is 4.55. The second-order valence-corrected chi connectivity index (χ2v) is 6.32. The zero-order valence-electron chi connectivity index (χ0n) is 16.0. The van der Waals surface area contributed by atoms with Crippen LogP contribution in [-0.4, -0.2) is 35.3 Å². The number of ether oxygens (including phenoxy) is 3. The highest BCUT2D eigenvalue weighted by Gasteiger charge is 2.28. The average Bonchev–Trinajstić information content (AvgIpc) is 3.02. The van der Waals surface area contributed by atoms with Crippen LogP contribution in [0.1, 0.15) is 30.9 Å². The molecule has 0 bridgehead atoms. The fourth-order valence-corrected chi connectivity index (χ4v) is 3.23. The molecular weight excluding hydrogens is 376 g/mol. The molecule has 0 spiro atoms. The standard InChI is InChI=1S/C20H20N4O5/c1-2-27-9-10-28-20(26)29-19-17(18(25)23-7-3-4-8-24(19)23)16-6-5-14(12-21)11-15(16)13-22/h5-6,11H,2-4,7-10H2,1H3. The second kappa shape index (κ2) is 9.09. The number of fused-ring (bicyclic) bond motifs is 1. The van der Waals surface area contributed by atoms with E-state index in [-0.39, 0.29) is 35.8 Å². The first-order chi connectivity index (χ1) is 14.1. The Hall–Kier alpha value is -3.56. The third kappa shape index (κ3) is 4.15. The molecular formula is C20H20N4O5. The number of nitrogens with zero attached hydrogens (tertiary/aromatic N) is 4. The Labute approximate surface area is 167 Å². The van der Waals surface area contributed by atoms with E-state index in [1.165, 1.54) is 22.9 Å². The van der Waals surface area contributed by atoms with Crippen molar-refractivity contribution < 1.29 is 19.0 Å². The third-order valence-electron chi connectivity index (χ3n) is 4.55. The lowest BCUT2D eigenvalue weighted by molar-refractivity contribution is 0.0537. The maximum Gasteiger partial charge on any atom is 0.515 e. The van der Waals surface area contributed by atoms with Crippen molar-refractivity contribution in [3.8, 4) is 29.1 Å². The first kappa shape index (κ1) is 20.2. The predicted octanol–water partition coefficient (Wildman–Crippen LogP) is 2.41. The van der Waals surface area contributed by atoms with Crippen molar-refractivity contribution >= 4 is 6.16 Å². The van der Waals surface area contributed by atoms with Crippen molar-refractivity contribution in [3.63, 3.8) is 0 Å². The Morgan fingerprint density at radius 1 is 1.14 bits per heavy atom. The first-order valence-electron chi connectivity index (χ1n) is 9.31. The number of hydrogen-bond donors (Lipinski definition) is 0. The van der Waals surface area contributed by atoms with Crippen molar-refractivity contribution in [3.05, 3.63) is 39.7 Å². The zero-order chi connectivity index (χ0) is 20.8. The van der Waals surface area contributed by atoms with Gasteiger partial charge in [-0.05, 0) is 31.9 Å². The van der Waals surface area contributed by atoms with E-state index in [1.54, 1.807) is 4.68 Å². The summed E-state index contributed by atoms with van der Waals surface area (Å²) in [6.07, 6.45) is 0.687. The van der Waals surface area contributed by atoms with Crippen LogP contribution in [0.25, 0.3) is 11.1 Å². The summed E-state index contributed by atoms with van der Waals surface area (Å²) >= 11 is 0. The van der Waals surface area contributed by atoms with Crippen molar-refractivity contribution in [1.82, 2.24) is 9.36 Å². The van der Waals surface area contributed by atoms with E-state index >= 15 is 0 Å². The summed E-state index contributed by atoms with van der Waals surface area (Å²) in [5, 5.41) is 18.6. The maximum atomic E-state index is 13.1. The van der Waals surface area contributed by atoms with E-state index in [4.69, 9.17) is 19.5 Å². The Bertz CT molecular complexity index is 1050. The zero-order valence-corrected chi connectivity index (χ0v) is 16.0. The summed E-state index contributed by atoms with van der Waals surface area (Å²) in [5.74, 6) is 0.0392. The molecule has 0 atom stereocenters. The predicted molar refractivity (Wildman–Crippen MR) is 101 cm³/mol. The van der Waals surface area contributed by atoms with Crippen LogP contribution in [-0.2, 0) is 22.6 Å². The number of benzene rings is 1. The van der Waals surface area contributed by atoms with Gasteiger partial charge in [0.1, 0.15) is 12.2 Å². The van der Waals surface area contributed by atoms with Crippen LogP contribution in [0.15, 0.2) is 23.0 Å². The van der Waals surface area contributed by atoms with Gasteiger partial charge in [-0.2, -0.15) is 10.5 Å². The molecule has 9 nitrogen and oxygen atoms in total. The SMILES string of the molecule is CCOCCOC(=O)Oc1c(-c2ccc(C#N)cc2C#N)c(=O)n2n1CCCC2. The molecule has 0 radical (unpaired) electrons. The maximum absolute atomic E-state index is 13.1. The van der Waals surface area contributed by atoms with Crippen LogP contribution in [0.2, 0.25) is 0 Å². The summed E-state index contributed by atoms with van der Waals surface area (Å²) in [7, 11) is 0. The van der Waals surface area contributed by atoms with Gasteiger partial charge in [0, 0.05) is 25.3 Å². The number of aromatic nitrogens is 2. The van der Waals surface area contributed by atoms with Gasteiger partial charge in [0.15, 0.2) is 0 Å². The summed E-state index contributed by atoms with van der Waals surface area (Å²) < 4.78 is 18.6. The van der Waals surface area contributed by atoms with Gasteiger partial charge in [0.25, 0.3) is 5.56 Å². The minimum Gasteiger partial charge on any atom is -0.431 e. The molecule has 9 heteroatoms. The summed E-state index contributed by atoms with van der Waals surface area (Å²) in [4.78, 5) is 25.2. The van der Waals surface area contributed by atoms with Crippen LogP contribution in [0.4, 0.5) is 4.79 Å². The molecule has 0 aliphatic carbocycles. The molecule has 0 amide bonds. The summed E-state index contributed by atoms with van der Waals surface area (Å²) in [5.41, 5.74) is 0.507. The molecule has 1 aromatic carbocycles. The lowest BCUT2D eigenvalue weighted by Gasteiger charge is -2.18. The molecule has 0 N–H and O–H groups in total. The molecule has 1 aromatic heterocycles. The van der Waals surface area contributed by atoms with Crippen LogP contribution >= 0.6 is 0 Å². The number of hydrogen-bond acceptors (Lipinski definition) is 7. The molecule has 0 fully saturated rings. The van der Waals surface area contributed by atoms with Gasteiger partial charge in [0.05, 0.1) is 29.9 Å². The van der Waals surface area contributed by atoms with Gasteiger partial charge in [-0.15, -0.1) is 0 Å². The van der Waals surface area contributed by atoms with Crippen molar-refractivity contribution in [2.45, 2.75) is 32.9 Å². The largest absolute Gasteiger partial charge is 0.515 e. The van der Waals surface area contributed by atoms with E-state index in [0.717, 1.165) is 12.8 Å². The minimum absolute atomic E-state index is 0.0211. The van der Waals surface area contributed by atoms with Crippen molar-refractivity contribution in [2.24, 2.45) is 0 Å². The van der Waals surface area contributed by atoms with Gasteiger partial charge in [-0.1, -0.05) is 6.07 Å². The van der Waals surface area contributed by atoms with E-state index in [0.29, 0.717) is 30.8 Å². The lowest BCUT2D eigenvalue weighted by Crippen LogP contribution is -2.27. The molecule has 150 valence electrons. The highest BCUT2D eigenvalue weighted by molar-refractivity contribution is 5.77. The fourth-order valence-electron chi connectivity index (χ4n) is 3.23. The van der Waals surface area contributed by atoms with Crippen LogP contribution < -0.4 is 10.3 Å².